The van der Waals surface area contributed by atoms with Crippen molar-refractivity contribution in [3.63, 3.8) is 0 Å². The van der Waals surface area contributed by atoms with Gasteiger partial charge in [0, 0.05) is 32.6 Å². The van der Waals surface area contributed by atoms with Gasteiger partial charge in [-0.05, 0) is 30.4 Å². The van der Waals surface area contributed by atoms with Gasteiger partial charge < -0.3 is 15.1 Å². The highest BCUT2D eigenvalue weighted by atomic mass is 16.2. The molecule has 2 aliphatic heterocycles. The average Bonchev–Trinajstić information content (AvgIpc) is 2.86. The molecule has 0 spiro atoms. The van der Waals surface area contributed by atoms with E-state index >= 15 is 0 Å². The van der Waals surface area contributed by atoms with E-state index in [0.717, 1.165) is 38.8 Å². The predicted octanol–water partition coefficient (Wildman–Crippen LogP) is 2.12. The fourth-order valence-corrected chi connectivity index (χ4v) is 3.74. The van der Waals surface area contributed by atoms with Gasteiger partial charge in [-0.15, -0.1) is 0 Å². The van der Waals surface area contributed by atoms with E-state index in [1.807, 2.05) is 4.90 Å². The van der Waals surface area contributed by atoms with Crippen LogP contribution in [0.3, 0.4) is 0 Å². The number of nitrogens with zero attached hydrogens (tertiary/aromatic N) is 2. The number of likely N-dealkylation sites (tertiary alicyclic amines) is 1. The van der Waals surface area contributed by atoms with E-state index in [2.05, 4.69) is 36.5 Å². The molecule has 25 heavy (non-hydrogen) atoms. The molecule has 0 saturated carbocycles. The lowest BCUT2D eigenvalue weighted by molar-refractivity contribution is -0.142. The van der Waals surface area contributed by atoms with Gasteiger partial charge in [0.05, 0.1) is 12.6 Å². The van der Waals surface area contributed by atoms with Crippen molar-refractivity contribution in [1.82, 2.24) is 15.1 Å². The highest BCUT2D eigenvalue weighted by Gasteiger charge is 2.30. The molecule has 0 bridgehead atoms. The first kappa shape index (κ1) is 17.9. The summed E-state index contributed by atoms with van der Waals surface area (Å²) in [7, 11) is 0. The summed E-state index contributed by atoms with van der Waals surface area (Å²) in [5, 5.41) is 3.39. The van der Waals surface area contributed by atoms with Gasteiger partial charge in [0.25, 0.3) is 0 Å². The van der Waals surface area contributed by atoms with E-state index in [4.69, 9.17) is 0 Å². The quantitative estimate of drug-likeness (QED) is 0.911. The molecular weight excluding hydrogens is 314 g/mol. The average molecular weight is 343 g/mol. The Labute approximate surface area is 150 Å². The summed E-state index contributed by atoms with van der Waals surface area (Å²) in [4.78, 5) is 28.8. The summed E-state index contributed by atoms with van der Waals surface area (Å²) in [5.41, 5.74) is 2.47. The maximum atomic E-state index is 12.9. The van der Waals surface area contributed by atoms with Crippen molar-refractivity contribution in [2.24, 2.45) is 0 Å². The normalized spacial score (nSPS) is 22.0. The van der Waals surface area contributed by atoms with Crippen LogP contribution in [0.25, 0.3) is 0 Å². The van der Waals surface area contributed by atoms with Crippen LogP contribution in [0.15, 0.2) is 24.3 Å². The molecule has 0 radical (unpaired) electrons. The molecular formula is C20H29N3O2. The topological polar surface area (TPSA) is 52.7 Å². The van der Waals surface area contributed by atoms with Gasteiger partial charge in [0.2, 0.25) is 11.8 Å². The van der Waals surface area contributed by atoms with Crippen molar-refractivity contribution >= 4 is 11.8 Å². The molecule has 1 atom stereocenters. The minimum Gasteiger partial charge on any atom is -0.333 e. The number of carbonyl (C=O) groups is 2. The summed E-state index contributed by atoms with van der Waals surface area (Å²) in [6.45, 7) is 5.36. The van der Waals surface area contributed by atoms with Crippen molar-refractivity contribution in [1.29, 1.82) is 0 Å². The molecule has 5 heteroatoms. The molecule has 2 fully saturated rings. The van der Waals surface area contributed by atoms with Crippen LogP contribution in [0.4, 0.5) is 0 Å². The molecule has 0 aromatic heterocycles. The number of carbonyl (C=O) groups excluding carboxylic acids is 2. The number of benzene rings is 1. The first-order valence-corrected chi connectivity index (χ1v) is 9.56. The van der Waals surface area contributed by atoms with E-state index in [0.29, 0.717) is 19.5 Å². The van der Waals surface area contributed by atoms with Crippen LogP contribution in [0.5, 0.6) is 0 Å². The molecule has 5 nitrogen and oxygen atoms in total. The monoisotopic (exact) mass is 343 g/mol. The number of rotatable bonds is 4. The minimum absolute atomic E-state index is 0.0502. The molecule has 136 valence electrons. The van der Waals surface area contributed by atoms with E-state index in [9.17, 15) is 9.59 Å². The number of amides is 2. The van der Waals surface area contributed by atoms with Crippen molar-refractivity contribution in [2.75, 3.05) is 32.7 Å². The number of aryl methyl sites for hydroxylation is 1. The summed E-state index contributed by atoms with van der Waals surface area (Å²) in [6.07, 6.45) is 4.63. The Bertz CT molecular complexity index is 599. The molecule has 2 amide bonds. The SMILES string of the molecule is CCc1ccc(C2CNCCN2C(=O)CN2CCCCCC2=O)cc1. The molecule has 3 rings (SSSR count). The zero-order valence-electron chi connectivity index (χ0n) is 15.2. The van der Waals surface area contributed by atoms with E-state index in [1.165, 1.54) is 11.1 Å². The zero-order valence-corrected chi connectivity index (χ0v) is 15.2. The standard InChI is InChI=1S/C20H29N3O2/c1-2-16-7-9-17(10-8-16)18-14-21-11-13-23(18)20(25)15-22-12-5-3-4-6-19(22)24/h7-10,18,21H,2-6,11-15H2,1H3. The van der Waals surface area contributed by atoms with Crippen molar-refractivity contribution < 1.29 is 9.59 Å². The number of hydrogen-bond acceptors (Lipinski definition) is 3. The first-order valence-electron chi connectivity index (χ1n) is 9.56. The Kier molecular flexibility index (Phi) is 6.08. The van der Waals surface area contributed by atoms with Gasteiger partial charge in [0.1, 0.15) is 0 Å². The Morgan fingerprint density at radius 3 is 2.72 bits per heavy atom. The Balaban J connectivity index is 1.70. The molecule has 2 aliphatic rings. The molecule has 1 N–H and O–H groups in total. The van der Waals surface area contributed by atoms with Crippen molar-refractivity contribution in [3.05, 3.63) is 35.4 Å². The third-order valence-corrected chi connectivity index (χ3v) is 5.33. The summed E-state index contributed by atoms with van der Waals surface area (Å²) in [5.74, 6) is 0.200. The van der Waals surface area contributed by atoms with Gasteiger partial charge in [-0.1, -0.05) is 37.6 Å². The van der Waals surface area contributed by atoms with Crippen LogP contribution in [0, 0.1) is 0 Å². The third kappa shape index (κ3) is 4.40. The van der Waals surface area contributed by atoms with Gasteiger partial charge in [-0.3, -0.25) is 9.59 Å². The molecule has 2 saturated heterocycles. The first-order chi connectivity index (χ1) is 12.2. The van der Waals surface area contributed by atoms with E-state index in [-0.39, 0.29) is 24.4 Å². The number of piperazine rings is 1. The van der Waals surface area contributed by atoms with Gasteiger partial charge in [0.15, 0.2) is 0 Å². The Hall–Kier alpha value is -1.88. The van der Waals surface area contributed by atoms with Gasteiger partial charge in [-0.25, -0.2) is 0 Å². The zero-order chi connectivity index (χ0) is 17.6. The highest BCUT2D eigenvalue weighted by molar-refractivity contribution is 5.85. The van der Waals surface area contributed by atoms with Crippen molar-refractivity contribution in [3.8, 4) is 0 Å². The third-order valence-electron chi connectivity index (χ3n) is 5.33. The van der Waals surface area contributed by atoms with Gasteiger partial charge >= 0.3 is 0 Å². The molecule has 1 unspecified atom stereocenters. The van der Waals surface area contributed by atoms with E-state index in [1.54, 1.807) is 4.90 Å². The lowest BCUT2D eigenvalue weighted by atomic mass is 10.0. The summed E-state index contributed by atoms with van der Waals surface area (Å²) >= 11 is 0. The maximum Gasteiger partial charge on any atom is 0.242 e. The number of nitrogens with one attached hydrogen (secondary N) is 1. The molecule has 1 aromatic carbocycles. The lowest BCUT2D eigenvalue weighted by Crippen LogP contribution is -2.52. The van der Waals surface area contributed by atoms with Crippen molar-refractivity contribution in [2.45, 2.75) is 45.1 Å². The lowest BCUT2D eigenvalue weighted by Gasteiger charge is -2.37. The fraction of sp³-hybridized carbons (Fsp3) is 0.600. The van der Waals surface area contributed by atoms with Crippen LogP contribution < -0.4 is 5.32 Å². The predicted molar refractivity (Wildman–Crippen MR) is 98.2 cm³/mol. The smallest absolute Gasteiger partial charge is 0.242 e. The number of hydrogen-bond donors (Lipinski definition) is 1. The second-order valence-corrected chi connectivity index (χ2v) is 7.03. The van der Waals surface area contributed by atoms with Crippen LogP contribution in [0.1, 0.15) is 49.8 Å². The van der Waals surface area contributed by atoms with Crippen LogP contribution in [-0.4, -0.2) is 54.3 Å². The fourth-order valence-electron chi connectivity index (χ4n) is 3.74. The van der Waals surface area contributed by atoms with Crippen LogP contribution >= 0.6 is 0 Å². The second kappa shape index (κ2) is 8.48. The molecule has 0 aliphatic carbocycles. The highest BCUT2D eigenvalue weighted by Crippen LogP contribution is 2.23. The molecule has 2 heterocycles. The van der Waals surface area contributed by atoms with Crippen LogP contribution in [0.2, 0.25) is 0 Å². The van der Waals surface area contributed by atoms with Gasteiger partial charge in [-0.2, -0.15) is 0 Å². The maximum absolute atomic E-state index is 12.9. The second-order valence-electron chi connectivity index (χ2n) is 7.03. The van der Waals surface area contributed by atoms with E-state index < -0.39 is 0 Å². The largest absolute Gasteiger partial charge is 0.333 e. The summed E-state index contributed by atoms with van der Waals surface area (Å²) < 4.78 is 0. The Morgan fingerprint density at radius 2 is 1.96 bits per heavy atom. The van der Waals surface area contributed by atoms with Crippen LogP contribution in [-0.2, 0) is 16.0 Å². The minimum atomic E-state index is 0.0502. The Morgan fingerprint density at radius 1 is 1.16 bits per heavy atom. The molecule has 1 aromatic rings. The summed E-state index contributed by atoms with van der Waals surface area (Å²) in [6, 6.07) is 8.60.